The molecule has 9 heavy (non-hydrogen) atoms. The largest absolute Gasteiger partial charge is 0.298 e. The summed E-state index contributed by atoms with van der Waals surface area (Å²) in [6.45, 7) is 3.71. The van der Waals surface area contributed by atoms with Crippen molar-refractivity contribution in [2.45, 2.75) is 6.42 Å². The average molecular weight is 125 g/mol. The van der Waals surface area contributed by atoms with E-state index < -0.39 is 0 Å². The molecule has 0 aromatic carbocycles. The van der Waals surface area contributed by atoms with Gasteiger partial charge in [0, 0.05) is 11.5 Å². The van der Waals surface area contributed by atoms with E-state index in [0.29, 0.717) is 24.8 Å². The summed E-state index contributed by atoms with van der Waals surface area (Å²) < 4.78 is 0. The number of hydrogen-bond donors (Lipinski definition) is 0. The predicted molar refractivity (Wildman–Crippen MR) is 33.8 cm³/mol. The topological polar surface area (TPSA) is 65.8 Å². The van der Waals surface area contributed by atoms with Crippen molar-refractivity contribution in [3.63, 3.8) is 0 Å². The second kappa shape index (κ2) is 4.87. The number of azide groups is 1. The Morgan fingerprint density at radius 3 is 3.00 bits per heavy atom. The fraction of sp³-hybridized carbons (Fsp3) is 0.400. The minimum atomic E-state index is 0.314. The molecule has 0 spiro atoms. The molecule has 0 fully saturated rings. The first-order valence-electron chi connectivity index (χ1n) is 2.45. The second-order valence-electron chi connectivity index (χ2n) is 1.48. The van der Waals surface area contributed by atoms with Crippen LogP contribution >= 0.6 is 0 Å². The first-order valence-corrected chi connectivity index (χ1v) is 2.45. The summed E-state index contributed by atoms with van der Waals surface area (Å²) in [7, 11) is 0. The monoisotopic (exact) mass is 125 g/mol. The van der Waals surface area contributed by atoms with E-state index >= 15 is 0 Å². The van der Waals surface area contributed by atoms with Crippen molar-refractivity contribution in [3.8, 4) is 0 Å². The highest BCUT2D eigenvalue weighted by molar-refractivity contribution is 5.71. The van der Waals surface area contributed by atoms with Gasteiger partial charge in [-0.1, -0.05) is 11.7 Å². The van der Waals surface area contributed by atoms with E-state index in [0.717, 1.165) is 0 Å². The second-order valence-corrected chi connectivity index (χ2v) is 1.48. The molecule has 0 heterocycles. The van der Waals surface area contributed by atoms with Gasteiger partial charge in [-0.3, -0.25) is 4.79 Å². The number of rotatable bonds is 4. The molecular weight excluding hydrogens is 118 g/mol. The zero-order chi connectivity index (χ0) is 7.11. The van der Waals surface area contributed by atoms with E-state index in [9.17, 15) is 4.79 Å². The minimum absolute atomic E-state index is 0.314. The number of carbonyl (C=O) groups is 1. The highest BCUT2D eigenvalue weighted by atomic mass is 16.1. The summed E-state index contributed by atoms with van der Waals surface area (Å²) >= 11 is 0. The van der Waals surface area contributed by atoms with Gasteiger partial charge in [-0.15, -0.1) is 0 Å². The lowest BCUT2D eigenvalue weighted by atomic mass is 10.2. The molecule has 4 nitrogen and oxygen atoms in total. The van der Waals surface area contributed by atoms with Gasteiger partial charge in [0.15, 0.2) is 0 Å². The lowest BCUT2D eigenvalue weighted by molar-refractivity contribution is -0.105. The summed E-state index contributed by atoms with van der Waals surface area (Å²) in [6.07, 6.45) is 1.11. The highest BCUT2D eigenvalue weighted by Gasteiger charge is 1.86. The number of aldehydes is 1. The van der Waals surface area contributed by atoms with Crippen molar-refractivity contribution in [1.29, 1.82) is 0 Å². The van der Waals surface area contributed by atoms with Crippen LogP contribution in [0.4, 0.5) is 0 Å². The molecule has 0 saturated heterocycles. The van der Waals surface area contributed by atoms with Crippen LogP contribution in [0.15, 0.2) is 17.3 Å². The zero-order valence-corrected chi connectivity index (χ0v) is 4.95. The van der Waals surface area contributed by atoms with Crippen molar-refractivity contribution >= 4 is 6.29 Å². The molecule has 0 atom stereocenters. The van der Waals surface area contributed by atoms with E-state index in [1.165, 1.54) is 0 Å². The molecule has 0 amide bonds. The molecule has 0 aliphatic heterocycles. The molecule has 0 radical (unpaired) electrons. The Kier molecular flexibility index (Phi) is 4.18. The lowest BCUT2D eigenvalue weighted by Gasteiger charge is -1.87. The SMILES string of the molecule is C=C(C=O)CCN=[N+]=[N-]. The van der Waals surface area contributed by atoms with E-state index in [1.807, 2.05) is 0 Å². The van der Waals surface area contributed by atoms with Crippen LogP contribution < -0.4 is 0 Å². The smallest absolute Gasteiger partial charge is 0.145 e. The number of nitrogens with zero attached hydrogens (tertiary/aromatic N) is 3. The maximum absolute atomic E-state index is 9.86. The lowest BCUT2D eigenvalue weighted by Crippen LogP contribution is -1.84. The van der Waals surface area contributed by atoms with E-state index in [2.05, 4.69) is 16.6 Å². The van der Waals surface area contributed by atoms with Gasteiger partial charge in [-0.2, -0.15) is 0 Å². The number of hydrogen-bond acceptors (Lipinski definition) is 2. The number of carbonyl (C=O) groups excluding carboxylic acids is 1. The van der Waals surface area contributed by atoms with E-state index in [1.54, 1.807) is 0 Å². The molecule has 4 heteroatoms. The summed E-state index contributed by atoms with van der Waals surface area (Å²) in [5.41, 5.74) is 8.25. The van der Waals surface area contributed by atoms with Crippen LogP contribution in [-0.4, -0.2) is 12.8 Å². The summed E-state index contributed by atoms with van der Waals surface area (Å²) in [4.78, 5) is 12.4. The average Bonchev–Trinajstić information content (AvgIpc) is 1.89. The Hall–Kier alpha value is -1.28. The van der Waals surface area contributed by atoms with Crippen LogP contribution in [0.3, 0.4) is 0 Å². The van der Waals surface area contributed by atoms with Crippen LogP contribution in [-0.2, 0) is 4.79 Å². The van der Waals surface area contributed by atoms with Gasteiger partial charge < -0.3 is 0 Å². The molecule has 0 N–H and O–H groups in total. The van der Waals surface area contributed by atoms with E-state index in [4.69, 9.17) is 5.53 Å². The fourth-order valence-corrected chi connectivity index (χ4v) is 0.297. The molecule has 0 saturated carbocycles. The van der Waals surface area contributed by atoms with Gasteiger partial charge in [0.1, 0.15) is 6.29 Å². The molecule has 0 aliphatic carbocycles. The van der Waals surface area contributed by atoms with Crippen molar-refractivity contribution < 1.29 is 4.79 Å². The van der Waals surface area contributed by atoms with Crippen LogP contribution in [0.25, 0.3) is 10.4 Å². The van der Waals surface area contributed by atoms with Crippen molar-refractivity contribution in [3.05, 3.63) is 22.6 Å². The first kappa shape index (κ1) is 7.72. The molecule has 0 aromatic rings. The van der Waals surface area contributed by atoms with Gasteiger partial charge in [0.05, 0.1) is 0 Å². The van der Waals surface area contributed by atoms with Gasteiger partial charge in [-0.05, 0) is 17.5 Å². The predicted octanol–water partition coefficient (Wildman–Crippen LogP) is 1.44. The molecule has 0 aromatic heterocycles. The van der Waals surface area contributed by atoms with Crippen LogP contribution in [0.5, 0.6) is 0 Å². The quantitative estimate of drug-likeness (QED) is 0.184. The summed E-state index contributed by atoms with van der Waals surface area (Å²) in [5, 5.41) is 3.22. The molecule has 0 rings (SSSR count). The minimum Gasteiger partial charge on any atom is -0.298 e. The zero-order valence-electron chi connectivity index (χ0n) is 4.95. The van der Waals surface area contributed by atoms with Gasteiger partial charge in [-0.25, -0.2) is 0 Å². The standard InChI is InChI=1S/C5H7N3O/c1-5(4-9)2-3-7-8-6/h4H,1-3H2. The molecule has 0 aliphatic rings. The third-order valence-electron chi connectivity index (χ3n) is 0.763. The Morgan fingerprint density at radius 2 is 2.56 bits per heavy atom. The van der Waals surface area contributed by atoms with Crippen LogP contribution in [0, 0.1) is 0 Å². The van der Waals surface area contributed by atoms with Crippen molar-refractivity contribution in [2.75, 3.05) is 6.54 Å². The normalized spacial score (nSPS) is 7.56. The van der Waals surface area contributed by atoms with Crippen LogP contribution in [0.2, 0.25) is 0 Å². The molecular formula is C5H7N3O. The van der Waals surface area contributed by atoms with Gasteiger partial charge in [0.2, 0.25) is 0 Å². The first-order chi connectivity index (χ1) is 4.31. The van der Waals surface area contributed by atoms with Gasteiger partial charge in [0.25, 0.3) is 0 Å². The Balaban J connectivity index is 3.38. The highest BCUT2D eigenvalue weighted by Crippen LogP contribution is 1.92. The molecule has 0 bridgehead atoms. The third-order valence-corrected chi connectivity index (χ3v) is 0.763. The third kappa shape index (κ3) is 4.58. The maximum Gasteiger partial charge on any atom is 0.145 e. The molecule has 0 unspecified atom stereocenters. The fourth-order valence-electron chi connectivity index (χ4n) is 0.297. The van der Waals surface area contributed by atoms with Crippen molar-refractivity contribution in [2.24, 2.45) is 5.11 Å². The van der Waals surface area contributed by atoms with Crippen LogP contribution in [0.1, 0.15) is 6.42 Å². The Labute approximate surface area is 52.8 Å². The summed E-state index contributed by atoms with van der Waals surface area (Å²) in [6, 6.07) is 0. The van der Waals surface area contributed by atoms with Crippen molar-refractivity contribution in [1.82, 2.24) is 0 Å². The molecule has 48 valence electrons. The Morgan fingerprint density at radius 1 is 1.89 bits per heavy atom. The maximum atomic E-state index is 9.86. The van der Waals surface area contributed by atoms with E-state index in [-0.39, 0.29) is 0 Å². The van der Waals surface area contributed by atoms with Gasteiger partial charge >= 0.3 is 0 Å². The summed E-state index contributed by atoms with van der Waals surface area (Å²) in [5.74, 6) is 0. The Bertz CT molecular complexity index is 158.